The lowest BCUT2D eigenvalue weighted by Gasteiger charge is -2.52. The van der Waals surface area contributed by atoms with Gasteiger partial charge in [0.1, 0.15) is 11.6 Å². The molecule has 0 saturated carbocycles. The van der Waals surface area contributed by atoms with Crippen molar-refractivity contribution in [2.45, 2.75) is 6.42 Å². The van der Waals surface area contributed by atoms with Crippen LogP contribution < -0.4 is 10.2 Å². The second-order valence-corrected chi connectivity index (χ2v) is 9.52. The van der Waals surface area contributed by atoms with Crippen LogP contribution in [0.15, 0.2) is 66.7 Å². The Morgan fingerprint density at radius 2 is 1.60 bits per heavy atom. The molecule has 2 fully saturated rings. The maximum atomic E-state index is 13.7. The molecular formula is C27H26F3N3O2. The summed E-state index contributed by atoms with van der Waals surface area (Å²) < 4.78 is 40.4. The first-order chi connectivity index (χ1) is 16.8. The minimum absolute atomic E-state index is 0.0487. The second-order valence-electron chi connectivity index (χ2n) is 9.52. The van der Waals surface area contributed by atoms with E-state index in [1.54, 1.807) is 30.3 Å². The van der Waals surface area contributed by atoms with Crippen LogP contribution in [0.3, 0.4) is 0 Å². The van der Waals surface area contributed by atoms with E-state index in [-0.39, 0.29) is 35.3 Å². The molecule has 0 radical (unpaired) electrons. The molecule has 0 bridgehead atoms. The number of nitrogens with one attached hydrogen (secondary N) is 1. The van der Waals surface area contributed by atoms with Gasteiger partial charge in [0.25, 0.3) is 0 Å². The van der Waals surface area contributed by atoms with E-state index in [1.165, 1.54) is 36.4 Å². The number of carbonyl (C=O) groups is 1. The first-order valence-electron chi connectivity index (χ1n) is 11.6. The number of phenolic OH excluding ortho intramolecular Hbond substituents is 1. The fourth-order valence-electron chi connectivity index (χ4n) is 5.17. The zero-order valence-electron chi connectivity index (χ0n) is 19.1. The maximum absolute atomic E-state index is 13.7. The second kappa shape index (κ2) is 9.17. The number of halogens is 3. The molecule has 1 atom stereocenters. The zero-order chi connectivity index (χ0) is 24.6. The van der Waals surface area contributed by atoms with Gasteiger partial charge in [0.05, 0.1) is 6.42 Å². The Labute approximate surface area is 201 Å². The first kappa shape index (κ1) is 23.1. The van der Waals surface area contributed by atoms with Gasteiger partial charge < -0.3 is 20.2 Å². The van der Waals surface area contributed by atoms with Crippen molar-refractivity contribution >= 4 is 17.3 Å². The summed E-state index contributed by atoms with van der Waals surface area (Å²) in [5.74, 6) is -1.73. The van der Waals surface area contributed by atoms with Gasteiger partial charge in [0.2, 0.25) is 5.91 Å². The van der Waals surface area contributed by atoms with Crippen LogP contribution in [0.2, 0.25) is 0 Å². The molecule has 2 saturated heterocycles. The van der Waals surface area contributed by atoms with Crippen LogP contribution >= 0.6 is 0 Å². The average Bonchev–Trinajstić information content (AvgIpc) is 3.21. The molecule has 0 aliphatic carbocycles. The third kappa shape index (κ3) is 4.78. The van der Waals surface area contributed by atoms with Gasteiger partial charge in [-0.2, -0.15) is 0 Å². The summed E-state index contributed by atoms with van der Waals surface area (Å²) in [7, 11) is 0. The van der Waals surface area contributed by atoms with Crippen LogP contribution in [0.1, 0.15) is 5.56 Å². The minimum atomic E-state index is -0.747. The third-order valence-corrected chi connectivity index (χ3v) is 7.13. The van der Waals surface area contributed by atoms with Gasteiger partial charge in [-0.1, -0.05) is 6.07 Å². The summed E-state index contributed by atoms with van der Waals surface area (Å²) in [5.41, 5.74) is 2.11. The van der Waals surface area contributed by atoms with E-state index in [4.69, 9.17) is 0 Å². The number of nitrogens with zero attached hydrogens (tertiary/aromatic N) is 2. The van der Waals surface area contributed by atoms with Crippen LogP contribution in [-0.2, 0) is 11.2 Å². The summed E-state index contributed by atoms with van der Waals surface area (Å²) in [5, 5.41) is 12.8. The van der Waals surface area contributed by atoms with Crippen molar-refractivity contribution in [2.75, 3.05) is 42.9 Å². The van der Waals surface area contributed by atoms with Gasteiger partial charge >= 0.3 is 0 Å². The fraction of sp³-hybridized carbons (Fsp3) is 0.296. The molecule has 35 heavy (non-hydrogen) atoms. The van der Waals surface area contributed by atoms with Crippen LogP contribution in [0.25, 0.3) is 0 Å². The number of carbonyl (C=O) groups excluding carboxylic acids is 1. The van der Waals surface area contributed by atoms with Gasteiger partial charge in [0, 0.05) is 55.4 Å². The third-order valence-electron chi connectivity index (χ3n) is 7.13. The Bertz CT molecular complexity index is 1210. The molecule has 2 N–H and O–H groups in total. The van der Waals surface area contributed by atoms with Crippen LogP contribution in [0, 0.1) is 28.8 Å². The lowest BCUT2D eigenvalue weighted by atomic mass is 9.71. The molecule has 2 aliphatic heterocycles. The number of amides is 1. The molecular weight excluding hydrogens is 455 g/mol. The summed E-state index contributed by atoms with van der Waals surface area (Å²) in [6.07, 6.45) is 0.0487. The van der Waals surface area contributed by atoms with E-state index in [0.29, 0.717) is 25.2 Å². The van der Waals surface area contributed by atoms with Crippen molar-refractivity contribution in [2.24, 2.45) is 11.3 Å². The van der Waals surface area contributed by atoms with Crippen LogP contribution in [-0.4, -0.2) is 48.6 Å². The lowest BCUT2D eigenvalue weighted by Crippen LogP contribution is -2.61. The van der Waals surface area contributed by atoms with E-state index in [9.17, 15) is 23.1 Å². The Kier molecular flexibility index (Phi) is 6.05. The van der Waals surface area contributed by atoms with Gasteiger partial charge in [0.15, 0.2) is 11.6 Å². The number of hydrogen-bond donors (Lipinski definition) is 2. The molecule has 8 heteroatoms. The van der Waals surface area contributed by atoms with Crippen LogP contribution in [0.5, 0.6) is 5.75 Å². The SMILES string of the molecule is O=C(Cc1ccc(O)c(F)c1)N1CC(CNc2ccc(F)cc2)C2(C1)CN(c1ccc(F)cc1)C2. The standard InChI is InChI=1S/C27H26F3N3O2/c28-20-2-6-22(7-3-20)31-13-19-14-32(26(35)12-18-1-10-25(34)24(30)11-18)15-27(19)16-33(17-27)23-8-4-21(29)5-9-23/h1-11,19,31,34H,12-17H2. The number of hydrogen-bond acceptors (Lipinski definition) is 4. The zero-order valence-corrected chi connectivity index (χ0v) is 19.1. The molecule has 3 aromatic rings. The number of benzene rings is 3. The van der Waals surface area contributed by atoms with Crippen molar-refractivity contribution in [3.05, 3.63) is 89.7 Å². The van der Waals surface area contributed by atoms with Crippen molar-refractivity contribution in [3.63, 3.8) is 0 Å². The van der Waals surface area contributed by atoms with Crippen LogP contribution in [0.4, 0.5) is 24.5 Å². The molecule has 182 valence electrons. The summed E-state index contributed by atoms with van der Waals surface area (Å²) in [6.45, 7) is 3.18. The first-order valence-corrected chi connectivity index (χ1v) is 11.6. The summed E-state index contributed by atoms with van der Waals surface area (Å²) in [4.78, 5) is 17.1. The number of phenols is 1. The van der Waals surface area contributed by atoms with Crippen molar-refractivity contribution in [1.82, 2.24) is 4.90 Å². The van der Waals surface area contributed by atoms with E-state index >= 15 is 0 Å². The Hall–Kier alpha value is -3.68. The normalized spacial score (nSPS) is 18.5. The van der Waals surface area contributed by atoms with Crippen molar-refractivity contribution in [3.8, 4) is 5.75 Å². The molecule has 1 spiro atoms. The monoisotopic (exact) mass is 481 g/mol. The number of likely N-dealkylation sites (tertiary alicyclic amines) is 1. The Morgan fingerprint density at radius 1 is 0.943 bits per heavy atom. The highest BCUT2D eigenvalue weighted by atomic mass is 19.1. The topological polar surface area (TPSA) is 55.8 Å². The molecule has 0 aromatic heterocycles. The van der Waals surface area contributed by atoms with E-state index in [2.05, 4.69) is 10.2 Å². The van der Waals surface area contributed by atoms with Gasteiger partial charge in [-0.25, -0.2) is 13.2 Å². The highest BCUT2D eigenvalue weighted by Gasteiger charge is 2.54. The van der Waals surface area contributed by atoms with E-state index < -0.39 is 11.6 Å². The largest absolute Gasteiger partial charge is 0.505 e. The molecule has 1 amide bonds. The van der Waals surface area contributed by atoms with Gasteiger partial charge in [-0.3, -0.25) is 4.79 Å². The quantitative estimate of drug-likeness (QED) is 0.547. The van der Waals surface area contributed by atoms with Gasteiger partial charge in [-0.05, 0) is 66.2 Å². The molecule has 2 heterocycles. The predicted molar refractivity (Wildman–Crippen MR) is 128 cm³/mol. The Balaban J connectivity index is 1.30. The number of aromatic hydroxyl groups is 1. The number of rotatable bonds is 6. The highest BCUT2D eigenvalue weighted by molar-refractivity contribution is 5.79. The minimum Gasteiger partial charge on any atom is -0.505 e. The number of anilines is 2. The lowest BCUT2D eigenvalue weighted by molar-refractivity contribution is -0.130. The average molecular weight is 482 g/mol. The predicted octanol–water partition coefficient (Wildman–Crippen LogP) is 4.43. The van der Waals surface area contributed by atoms with E-state index in [1.807, 2.05) is 4.90 Å². The molecule has 1 unspecified atom stereocenters. The van der Waals surface area contributed by atoms with E-state index in [0.717, 1.165) is 24.5 Å². The summed E-state index contributed by atoms with van der Waals surface area (Å²) >= 11 is 0. The summed E-state index contributed by atoms with van der Waals surface area (Å²) in [6, 6.07) is 16.6. The smallest absolute Gasteiger partial charge is 0.227 e. The molecule has 2 aliphatic rings. The highest BCUT2D eigenvalue weighted by Crippen LogP contribution is 2.46. The maximum Gasteiger partial charge on any atom is 0.227 e. The molecule has 3 aromatic carbocycles. The van der Waals surface area contributed by atoms with Crippen molar-refractivity contribution in [1.29, 1.82) is 0 Å². The molecule has 5 rings (SSSR count). The Morgan fingerprint density at radius 3 is 2.26 bits per heavy atom. The fourth-order valence-corrected chi connectivity index (χ4v) is 5.17. The molecule has 5 nitrogen and oxygen atoms in total. The van der Waals surface area contributed by atoms with Crippen molar-refractivity contribution < 1.29 is 23.1 Å². The van der Waals surface area contributed by atoms with Gasteiger partial charge in [-0.15, -0.1) is 0 Å².